The number of carbonyl (C=O) groups is 1. The van der Waals surface area contributed by atoms with E-state index in [9.17, 15) is 4.79 Å². The first-order chi connectivity index (χ1) is 8.34. The molecule has 2 aliphatic carbocycles. The number of fused-ring (bicyclic) bond motifs is 1. The summed E-state index contributed by atoms with van der Waals surface area (Å²) >= 11 is 0. The number of hydrogen-bond acceptors (Lipinski definition) is 1. The zero-order chi connectivity index (χ0) is 11.7. The molecule has 2 saturated carbocycles. The molecule has 2 heteroatoms. The number of nitrogens with one attached hydrogen (secondary N) is 1. The van der Waals surface area contributed by atoms with E-state index in [1.165, 1.54) is 32.1 Å². The molecule has 3 atom stereocenters. The highest BCUT2D eigenvalue weighted by molar-refractivity contribution is 5.96. The van der Waals surface area contributed by atoms with Crippen molar-refractivity contribution in [2.24, 2.45) is 17.8 Å². The fraction of sp³-hybridized carbons (Fsp3) is 0.667. The maximum absolute atomic E-state index is 12.3. The van der Waals surface area contributed by atoms with Crippen LogP contribution in [0.4, 0.5) is 0 Å². The van der Waals surface area contributed by atoms with Crippen molar-refractivity contribution < 1.29 is 4.79 Å². The topological polar surface area (TPSA) is 32.9 Å². The maximum Gasteiger partial charge on any atom is 0.182 e. The molecule has 0 aliphatic heterocycles. The third kappa shape index (κ3) is 2.18. The maximum atomic E-state index is 12.3. The second kappa shape index (κ2) is 4.67. The molecule has 0 saturated heterocycles. The summed E-state index contributed by atoms with van der Waals surface area (Å²) in [6.07, 6.45) is 10.9. The fourth-order valence-electron chi connectivity index (χ4n) is 3.82. The van der Waals surface area contributed by atoms with Crippen molar-refractivity contribution in [3.8, 4) is 0 Å². The predicted molar refractivity (Wildman–Crippen MR) is 67.9 cm³/mol. The Morgan fingerprint density at radius 3 is 2.71 bits per heavy atom. The summed E-state index contributed by atoms with van der Waals surface area (Å²) in [5.74, 6) is 2.39. The van der Waals surface area contributed by atoms with Crippen LogP contribution in [0.2, 0.25) is 0 Å². The zero-order valence-corrected chi connectivity index (χ0v) is 10.3. The Morgan fingerprint density at radius 1 is 1.12 bits per heavy atom. The van der Waals surface area contributed by atoms with Gasteiger partial charge in [-0.3, -0.25) is 4.79 Å². The van der Waals surface area contributed by atoms with E-state index in [4.69, 9.17) is 0 Å². The van der Waals surface area contributed by atoms with Crippen LogP contribution in [0.25, 0.3) is 0 Å². The standard InChI is InChI=1S/C15H21NO/c17-15(14-6-3-9-16-14)13-8-7-11-4-1-2-5-12(11)10-13/h3,6,9,11-13,16H,1-2,4-5,7-8,10H2. The van der Waals surface area contributed by atoms with Gasteiger partial charge in [0.05, 0.1) is 5.69 Å². The summed E-state index contributed by atoms with van der Waals surface area (Å²) in [6, 6.07) is 3.83. The Hall–Kier alpha value is -1.05. The lowest BCUT2D eigenvalue weighted by atomic mass is 9.66. The van der Waals surface area contributed by atoms with Crippen LogP contribution in [0.3, 0.4) is 0 Å². The minimum absolute atomic E-state index is 0.285. The van der Waals surface area contributed by atoms with Crippen molar-refractivity contribution in [1.29, 1.82) is 0 Å². The van der Waals surface area contributed by atoms with Crippen molar-refractivity contribution in [2.45, 2.75) is 44.9 Å². The van der Waals surface area contributed by atoms with Gasteiger partial charge in [-0.05, 0) is 43.2 Å². The van der Waals surface area contributed by atoms with Gasteiger partial charge in [-0.25, -0.2) is 0 Å². The van der Waals surface area contributed by atoms with E-state index in [0.29, 0.717) is 5.78 Å². The quantitative estimate of drug-likeness (QED) is 0.771. The summed E-state index contributed by atoms with van der Waals surface area (Å²) in [6.45, 7) is 0. The second-order valence-electron chi connectivity index (χ2n) is 5.76. The molecular formula is C15H21NO. The lowest BCUT2D eigenvalue weighted by Gasteiger charge is -2.38. The van der Waals surface area contributed by atoms with Crippen molar-refractivity contribution >= 4 is 5.78 Å². The van der Waals surface area contributed by atoms with Gasteiger partial charge in [0, 0.05) is 12.1 Å². The summed E-state index contributed by atoms with van der Waals surface area (Å²) in [5.41, 5.74) is 0.809. The van der Waals surface area contributed by atoms with Crippen LogP contribution in [0.5, 0.6) is 0 Å². The molecule has 3 unspecified atom stereocenters. The first-order valence-electron chi connectivity index (χ1n) is 7.02. The lowest BCUT2D eigenvalue weighted by Crippen LogP contribution is -2.31. The summed E-state index contributed by atoms with van der Waals surface area (Å²) in [5, 5.41) is 0. The summed E-state index contributed by atoms with van der Waals surface area (Å²) in [4.78, 5) is 15.4. The molecule has 1 aromatic heterocycles. The third-order valence-electron chi connectivity index (χ3n) is 4.77. The zero-order valence-electron chi connectivity index (χ0n) is 10.3. The van der Waals surface area contributed by atoms with Gasteiger partial charge < -0.3 is 4.98 Å². The smallest absolute Gasteiger partial charge is 0.182 e. The molecule has 0 radical (unpaired) electrons. The van der Waals surface area contributed by atoms with Crippen molar-refractivity contribution in [2.75, 3.05) is 0 Å². The number of aromatic nitrogens is 1. The van der Waals surface area contributed by atoms with E-state index < -0.39 is 0 Å². The van der Waals surface area contributed by atoms with Crippen LogP contribution in [-0.4, -0.2) is 10.8 Å². The first-order valence-corrected chi connectivity index (χ1v) is 7.02. The third-order valence-corrected chi connectivity index (χ3v) is 4.77. The van der Waals surface area contributed by atoms with Gasteiger partial charge in [-0.15, -0.1) is 0 Å². The van der Waals surface area contributed by atoms with Gasteiger partial charge in [-0.2, -0.15) is 0 Å². The molecule has 0 spiro atoms. The molecular weight excluding hydrogens is 210 g/mol. The number of carbonyl (C=O) groups excluding carboxylic acids is 1. The molecule has 2 fully saturated rings. The van der Waals surface area contributed by atoms with Crippen LogP contribution in [0, 0.1) is 17.8 Å². The highest BCUT2D eigenvalue weighted by atomic mass is 16.1. The van der Waals surface area contributed by atoms with E-state index in [-0.39, 0.29) is 5.92 Å². The van der Waals surface area contributed by atoms with Gasteiger partial charge in [0.15, 0.2) is 5.78 Å². The number of aromatic amines is 1. The minimum atomic E-state index is 0.285. The van der Waals surface area contributed by atoms with Gasteiger partial charge in [0.25, 0.3) is 0 Å². The number of rotatable bonds is 2. The number of ketones is 1. The molecule has 0 aromatic carbocycles. The number of hydrogen-bond donors (Lipinski definition) is 1. The summed E-state index contributed by atoms with van der Waals surface area (Å²) in [7, 11) is 0. The fourth-order valence-corrected chi connectivity index (χ4v) is 3.82. The second-order valence-corrected chi connectivity index (χ2v) is 5.76. The molecule has 0 bridgehead atoms. The van der Waals surface area contributed by atoms with Crippen LogP contribution in [-0.2, 0) is 0 Å². The van der Waals surface area contributed by atoms with Gasteiger partial charge >= 0.3 is 0 Å². The Bertz CT molecular complexity index is 382. The van der Waals surface area contributed by atoms with Crippen LogP contribution in [0.1, 0.15) is 55.4 Å². The first kappa shape index (κ1) is 11.1. The molecule has 1 N–H and O–H groups in total. The Morgan fingerprint density at radius 2 is 1.94 bits per heavy atom. The average molecular weight is 231 g/mol. The average Bonchev–Trinajstić information content (AvgIpc) is 2.91. The molecule has 92 valence electrons. The predicted octanol–water partition coefficient (Wildman–Crippen LogP) is 3.80. The molecule has 1 aromatic rings. The van der Waals surface area contributed by atoms with Gasteiger partial charge in [0.1, 0.15) is 0 Å². The summed E-state index contributed by atoms with van der Waals surface area (Å²) < 4.78 is 0. The van der Waals surface area contributed by atoms with E-state index in [0.717, 1.165) is 30.4 Å². The van der Waals surface area contributed by atoms with Crippen molar-refractivity contribution in [1.82, 2.24) is 4.98 Å². The number of H-pyrrole nitrogens is 1. The molecule has 0 amide bonds. The Balaban J connectivity index is 1.67. The molecule has 1 heterocycles. The largest absolute Gasteiger partial charge is 0.359 e. The van der Waals surface area contributed by atoms with Gasteiger partial charge in [-0.1, -0.05) is 25.7 Å². The Kier molecular flexibility index (Phi) is 3.04. The highest BCUT2D eigenvalue weighted by Crippen LogP contribution is 2.43. The van der Waals surface area contributed by atoms with E-state index in [1.54, 1.807) is 0 Å². The minimum Gasteiger partial charge on any atom is -0.359 e. The van der Waals surface area contributed by atoms with Gasteiger partial charge in [0.2, 0.25) is 0 Å². The highest BCUT2D eigenvalue weighted by Gasteiger charge is 2.35. The van der Waals surface area contributed by atoms with E-state index in [1.807, 2.05) is 18.3 Å². The van der Waals surface area contributed by atoms with E-state index >= 15 is 0 Å². The van der Waals surface area contributed by atoms with Crippen molar-refractivity contribution in [3.05, 3.63) is 24.0 Å². The molecule has 3 rings (SSSR count). The normalized spacial score (nSPS) is 33.1. The number of Topliss-reactive ketones (excluding diaryl/α,β-unsaturated/α-hetero) is 1. The van der Waals surface area contributed by atoms with Crippen LogP contribution in [0.15, 0.2) is 18.3 Å². The van der Waals surface area contributed by atoms with Crippen molar-refractivity contribution in [3.63, 3.8) is 0 Å². The molecule has 2 nitrogen and oxygen atoms in total. The molecule has 2 aliphatic rings. The SMILES string of the molecule is O=C(c1ccc[nH]1)C1CCC2CCCCC2C1. The van der Waals surface area contributed by atoms with Crippen LogP contribution < -0.4 is 0 Å². The lowest BCUT2D eigenvalue weighted by molar-refractivity contribution is 0.0759. The Labute approximate surface area is 103 Å². The van der Waals surface area contributed by atoms with Crippen LogP contribution >= 0.6 is 0 Å². The monoisotopic (exact) mass is 231 g/mol. The van der Waals surface area contributed by atoms with E-state index in [2.05, 4.69) is 4.98 Å². The molecule has 17 heavy (non-hydrogen) atoms.